The minimum absolute atomic E-state index is 0.266. The van der Waals surface area contributed by atoms with E-state index in [4.69, 9.17) is 0 Å². The molecule has 0 nitrogen and oxygen atoms in total. The van der Waals surface area contributed by atoms with Crippen LogP contribution in [0.3, 0.4) is 0 Å². The first-order valence-electron chi connectivity index (χ1n) is 5.50. The predicted octanol–water partition coefficient (Wildman–Crippen LogP) is 4.79. The molecule has 92 valence electrons. The minimum atomic E-state index is -0.834. The molecule has 1 atom stereocenters. The molecule has 1 unspecified atom stereocenters. The highest BCUT2D eigenvalue weighted by Crippen LogP contribution is 2.30. The summed E-state index contributed by atoms with van der Waals surface area (Å²) in [6, 6.07) is 9.67. The van der Waals surface area contributed by atoms with E-state index >= 15 is 0 Å². The summed E-state index contributed by atoms with van der Waals surface area (Å²) in [6.45, 7) is 5.81. The van der Waals surface area contributed by atoms with Crippen LogP contribution in [-0.4, -0.2) is 0 Å². The fraction of sp³-hybridized carbons (Fsp3) is 0.0667. The van der Waals surface area contributed by atoms with Crippen molar-refractivity contribution >= 4 is 14.6 Å². The molecule has 0 saturated carbocycles. The number of aryl methyl sites for hydroxylation is 1. The Morgan fingerprint density at radius 3 is 2.56 bits per heavy atom. The molecule has 0 aliphatic rings. The largest absolute Gasteiger partial charge is 0.204 e. The summed E-state index contributed by atoms with van der Waals surface area (Å²) in [4.78, 5) is 0. The highest BCUT2D eigenvalue weighted by molar-refractivity contribution is 7.31. The molecule has 0 aliphatic heterocycles. The maximum Gasteiger partial charge on any atom is 0.166 e. The first kappa shape index (κ1) is 12.9. The normalized spacial score (nSPS) is 10.4. The van der Waals surface area contributed by atoms with E-state index in [0.29, 0.717) is 5.56 Å². The Bertz CT molecular complexity index is 618. The number of hydrogen-bond donors (Lipinski definition) is 0. The lowest BCUT2D eigenvalue weighted by molar-refractivity contribution is 0.511. The zero-order valence-electron chi connectivity index (χ0n) is 10.0. The average molecular weight is 262 g/mol. The molecule has 0 fully saturated rings. The van der Waals surface area contributed by atoms with Gasteiger partial charge in [-0.3, -0.25) is 0 Å². The molecule has 2 aromatic carbocycles. The van der Waals surface area contributed by atoms with Crippen LogP contribution >= 0.6 is 9.24 Å². The van der Waals surface area contributed by atoms with Crippen LogP contribution in [-0.2, 0) is 0 Å². The van der Waals surface area contributed by atoms with Gasteiger partial charge in [-0.15, -0.1) is 9.24 Å². The van der Waals surface area contributed by atoms with E-state index in [0.717, 1.165) is 22.5 Å². The van der Waals surface area contributed by atoms with E-state index in [2.05, 4.69) is 15.8 Å². The number of hydrogen-bond acceptors (Lipinski definition) is 0. The molecule has 0 aliphatic carbocycles. The van der Waals surface area contributed by atoms with Crippen molar-refractivity contribution in [3.8, 4) is 11.1 Å². The molecule has 0 saturated heterocycles. The summed E-state index contributed by atoms with van der Waals surface area (Å²) in [5, 5.41) is 0.825. The van der Waals surface area contributed by atoms with Crippen molar-refractivity contribution in [3.05, 3.63) is 65.7 Å². The van der Waals surface area contributed by atoms with Gasteiger partial charge in [0.15, 0.2) is 11.6 Å². The van der Waals surface area contributed by atoms with Gasteiger partial charge in [-0.1, -0.05) is 30.8 Å². The monoisotopic (exact) mass is 262 g/mol. The number of halogens is 2. The first-order chi connectivity index (χ1) is 8.50. The van der Waals surface area contributed by atoms with Gasteiger partial charge < -0.3 is 0 Å². The first-order valence-corrected chi connectivity index (χ1v) is 6.08. The molecule has 0 heterocycles. The Morgan fingerprint density at radius 1 is 1.17 bits per heavy atom. The average Bonchev–Trinajstić information content (AvgIpc) is 2.33. The van der Waals surface area contributed by atoms with Crippen molar-refractivity contribution in [1.29, 1.82) is 0 Å². The van der Waals surface area contributed by atoms with Crippen LogP contribution in [0.15, 0.2) is 43.0 Å². The van der Waals surface area contributed by atoms with Crippen LogP contribution in [0.2, 0.25) is 0 Å². The summed E-state index contributed by atoms with van der Waals surface area (Å²) >= 11 is 0. The second kappa shape index (κ2) is 4.99. The van der Waals surface area contributed by atoms with Crippen LogP contribution in [0, 0.1) is 18.6 Å². The zero-order valence-corrected chi connectivity index (χ0v) is 11.2. The van der Waals surface area contributed by atoms with Crippen LogP contribution in [0.5, 0.6) is 0 Å². The molecule has 3 heteroatoms. The van der Waals surface area contributed by atoms with Gasteiger partial charge in [-0.25, -0.2) is 8.78 Å². The Balaban J connectivity index is 2.62. The Hall–Kier alpha value is -1.53. The summed E-state index contributed by atoms with van der Waals surface area (Å²) in [6.07, 6.45) is 0. The second-order valence-corrected chi connectivity index (χ2v) is 4.85. The van der Waals surface area contributed by atoms with Gasteiger partial charge in [0.25, 0.3) is 0 Å². The molecule has 2 aromatic rings. The van der Waals surface area contributed by atoms with Crippen molar-refractivity contribution in [2.45, 2.75) is 6.92 Å². The summed E-state index contributed by atoms with van der Waals surface area (Å²) in [5.74, 6) is -1.65. The third kappa shape index (κ3) is 2.34. The van der Waals surface area contributed by atoms with E-state index < -0.39 is 11.6 Å². The van der Waals surface area contributed by atoms with Crippen LogP contribution in [0.25, 0.3) is 16.4 Å². The van der Waals surface area contributed by atoms with Crippen LogP contribution < -0.4 is 0 Å². The molecular weight excluding hydrogens is 249 g/mol. The Labute approximate surface area is 108 Å². The maximum atomic E-state index is 13.7. The maximum absolute atomic E-state index is 13.7. The number of rotatable bonds is 2. The summed E-state index contributed by atoms with van der Waals surface area (Å²) < 4.78 is 26.9. The topological polar surface area (TPSA) is 0 Å². The van der Waals surface area contributed by atoms with Gasteiger partial charge in [0.05, 0.1) is 0 Å². The second-order valence-electron chi connectivity index (χ2n) is 4.16. The fourth-order valence-electron chi connectivity index (χ4n) is 1.86. The van der Waals surface area contributed by atoms with E-state index in [1.807, 2.05) is 19.1 Å². The SMILES string of the molecule is C=C(P)c1cc(-c2cccc(F)c2F)ccc1C. The van der Waals surface area contributed by atoms with Crippen molar-refractivity contribution in [2.75, 3.05) is 0 Å². The van der Waals surface area contributed by atoms with E-state index in [1.54, 1.807) is 12.1 Å². The molecule has 0 aromatic heterocycles. The van der Waals surface area contributed by atoms with Crippen molar-refractivity contribution < 1.29 is 8.78 Å². The lowest BCUT2D eigenvalue weighted by atomic mass is 9.99. The standard InChI is InChI=1S/C15H13F2P/c1-9-6-7-11(8-13(9)10(2)18)12-4-3-5-14(16)15(12)17/h3-8H,2,18H2,1H3. The van der Waals surface area contributed by atoms with E-state index in [-0.39, 0.29) is 5.56 Å². The lowest BCUT2D eigenvalue weighted by Gasteiger charge is -2.09. The van der Waals surface area contributed by atoms with Gasteiger partial charge in [0.2, 0.25) is 0 Å². The molecule has 2 rings (SSSR count). The predicted molar refractivity (Wildman–Crippen MR) is 75.3 cm³/mol. The smallest absolute Gasteiger partial charge is 0.166 e. The zero-order chi connectivity index (χ0) is 13.3. The van der Waals surface area contributed by atoms with Gasteiger partial charge in [0, 0.05) is 5.56 Å². The molecule has 0 bridgehead atoms. The highest BCUT2D eigenvalue weighted by atomic mass is 31.0. The highest BCUT2D eigenvalue weighted by Gasteiger charge is 2.11. The van der Waals surface area contributed by atoms with Crippen molar-refractivity contribution in [3.63, 3.8) is 0 Å². The van der Waals surface area contributed by atoms with Crippen molar-refractivity contribution in [2.24, 2.45) is 0 Å². The van der Waals surface area contributed by atoms with Gasteiger partial charge >= 0.3 is 0 Å². The summed E-state index contributed by atoms with van der Waals surface area (Å²) in [7, 11) is 2.53. The Morgan fingerprint density at radius 2 is 1.89 bits per heavy atom. The third-order valence-corrected chi connectivity index (χ3v) is 3.16. The molecule has 0 amide bonds. The quantitative estimate of drug-likeness (QED) is 0.683. The minimum Gasteiger partial charge on any atom is -0.204 e. The third-order valence-electron chi connectivity index (χ3n) is 2.85. The van der Waals surface area contributed by atoms with E-state index in [9.17, 15) is 8.78 Å². The Kier molecular flexibility index (Phi) is 3.58. The van der Waals surface area contributed by atoms with Crippen LogP contribution in [0.1, 0.15) is 11.1 Å². The molecule has 0 N–H and O–H groups in total. The summed E-state index contributed by atoms with van der Waals surface area (Å²) in [5.41, 5.74) is 2.90. The lowest BCUT2D eigenvalue weighted by Crippen LogP contribution is -1.91. The van der Waals surface area contributed by atoms with Gasteiger partial charge in [-0.05, 0) is 41.1 Å². The van der Waals surface area contributed by atoms with Gasteiger partial charge in [0.1, 0.15) is 0 Å². The van der Waals surface area contributed by atoms with Crippen molar-refractivity contribution in [1.82, 2.24) is 0 Å². The molecule has 18 heavy (non-hydrogen) atoms. The van der Waals surface area contributed by atoms with E-state index in [1.165, 1.54) is 6.07 Å². The fourth-order valence-corrected chi connectivity index (χ4v) is 2.17. The van der Waals surface area contributed by atoms with Crippen LogP contribution in [0.4, 0.5) is 8.78 Å². The van der Waals surface area contributed by atoms with Gasteiger partial charge in [-0.2, -0.15) is 0 Å². The molecule has 0 radical (unpaired) electrons. The molecular formula is C15H13F2P. The molecule has 0 spiro atoms. The number of benzene rings is 2.